The number of imidazole rings is 1. The Bertz CT molecular complexity index is 826. The van der Waals surface area contributed by atoms with E-state index in [9.17, 15) is 5.26 Å². The average molecular weight is 308 g/mol. The molecule has 0 saturated heterocycles. The van der Waals surface area contributed by atoms with Crippen molar-refractivity contribution in [2.45, 2.75) is 32.9 Å². The van der Waals surface area contributed by atoms with Crippen molar-refractivity contribution in [3.05, 3.63) is 41.0 Å². The molecule has 0 aliphatic carbocycles. The topological polar surface area (TPSA) is 83.9 Å². The summed E-state index contributed by atoms with van der Waals surface area (Å²) < 4.78 is 13.2. The van der Waals surface area contributed by atoms with Gasteiger partial charge in [0.15, 0.2) is 11.4 Å². The van der Waals surface area contributed by atoms with E-state index < -0.39 is 0 Å². The van der Waals surface area contributed by atoms with Gasteiger partial charge in [0.25, 0.3) is 0 Å². The summed E-state index contributed by atoms with van der Waals surface area (Å²) in [5.41, 5.74) is 2.42. The fourth-order valence-corrected chi connectivity index (χ4v) is 2.78. The minimum atomic E-state index is 0.136. The van der Waals surface area contributed by atoms with Crippen molar-refractivity contribution in [2.75, 3.05) is 6.61 Å². The third kappa shape index (κ3) is 2.72. The Morgan fingerprint density at radius 2 is 2.22 bits per heavy atom. The van der Waals surface area contributed by atoms with Gasteiger partial charge in [-0.25, -0.2) is 4.98 Å². The molecular weight excluding hydrogens is 292 g/mol. The SMILES string of the molecule is CCOc1cc2c(cc1Cn1cnc(C#N)c1C#N)OC(C)C2. The highest BCUT2D eigenvalue weighted by molar-refractivity contribution is 5.49. The largest absolute Gasteiger partial charge is 0.494 e. The van der Waals surface area contributed by atoms with Gasteiger partial charge in [0.2, 0.25) is 0 Å². The van der Waals surface area contributed by atoms with Crippen molar-refractivity contribution in [2.24, 2.45) is 0 Å². The minimum absolute atomic E-state index is 0.136. The molecule has 6 heteroatoms. The second-order valence-corrected chi connectivity index (χ2v) is 5.43. The fraction of sp³-hybridized carbons (Fsp3) is 0.353. The van der Waals surface area contributed by atoms with Crippen LogP contribution in [0.25, 0.3) is 0 Å². The van der Waals surface area contributed by atoms with Crippen LogP contribution < -0.4 is 9.47 Å². The van der Waals surface area contributed by atoms with E-state index >= 15 is 0 Å². The van der Waals surface area contributed by atoms with Gasteiger partial charge in [0, 0.05) is 17.5 Å². The Balaban J connectivity index is 2.00. The van der Waals surface area contributed by atoms with Crippen molar-refractivity contribution >= 4 is 0 Å². The standard InChI is InChI=1S/C17H16N4O2/c1-3-22-16-5-12-4-11(2)23-17(12)6-13(16)9-21-10-20-14(7-18)15(21)8-19/h5-6,10-11H,3-4,9H2,1-2H3. The molecule has 1 aliphatic rings. The third-order valence-electron chi connectivity index (χ3n) is 3.77. The van der Waals surface area contributed by atoms with Crippen molar-refractivity contribution < 1.29 is 9.47 Å². The number of nitrogens with zero attached hydrogens (tertiary/aromatic N) is 4. The molecule has 0 fully saturated rings. The van der Waals surface area contributed by atoms with Crippen LogP contribution in [-0.4, -0.2) is 22.3 Å². The summed E-state index contributed by atoms with van der Waals surface area (Å²) in [6, 6.07) is 7.92. The maximum absolute atomic E-state index is 9.24. The van der Waals surface area contributed by atoms with Gasteiger partial charge in [-0.2, -0.15) is 10.5 Å². The fourth-order valence-electron chi connectivity index (χ4n) is 2.78. The van der Waals surface area contributed by atoms with Gasteiger partial charge in [-0.3, -0.25) is 0 Å². The maximum Gasteiger partial charge on any atom is 0.176 e. The van der Waals surface area contributed by atoms with Gasteiger partial charge in [-0.15, -0.1) is 0 Å². The molecule has 0 spiro atoms. The van der Waals surface area contributed by atoms with Crippen LogP contribution in [0.15, 0.2) is 18.5 Å². The molecule has 23 heavy (non-hydrogen) atoms. The van der Waals surface area contributed by atoms with Gasteiger partial charge in [0.05, 0.1) is 19.5 Å². The molecule has 1 unspecified atom stereocenters. The summed E-state index contributed by atoms with van der Waals surface area (Å²) >= 11 is 0. The Morgan fingerprint density at radius 3 is 2.91 bits per heavy atom. The zero-order chi connectivity index (χ0) is 16.4. The third-order valence-corrected chi connectivity index (χ3v) is 3.77. The molecule has 116 valence electrons. The lowest BCUT2D eigenvalue weighted by Gasteiger charge is -2.13. The predicted octanol–water partition coefficient (Wildman–Crippen LogP) is 2.40. The monoisotopic (exact) mass is 308 g/mol. The normalized spacial score (nSPS) is 15.4. The minimum Gasteiger partial charge on any atom is -0.494 e. The molecule has 6 nitrogen and oxygen atoms in total. The van der Waals surface area contributed by atoms with Crippen molar-refractivity contribution in [3.8, 4) is 23.6 Å². The molecule has 0 radical (unpaired) electrons. The number of ether oxygens (including phenoxy) is 2. The summed E-state index contributed by atoms with van der Waals surface area (Å²) in [6.45, 7) is 4.92. The van der Waals surface area contributed by atoms with Crippen molar-refractivity contribution in [1.29, 1.82) is 10.5 Å². The van der Waals surface area contributed by atoms with E-state index in [-0.39, 0.29) is 17.5 Å². The van der Waals surface area contributed by atoms with Gasteiger partial charge in [-0.05, 0) is 26.0 Å². The first kappa shape index (κ1) is 14.9. The Labute approximate surface area is 134 Å². The number of benzene rings is 1. The highest BCUT2D eigenvalue weighted by atomic mass is 16.5. The predicted molar refractivity (Wildman–Crippen MR) is 82.2 cm³/mol. The molecule has 0 amide bonds. The molecule has 1 aliphatic heterocycles. The molecule has 1 aromatic carbocycles. The quantitative estimate of drug-likeness (QED) is 0.866. The summed E-state index contributed by atoms with van der Waals surface area (Å²) in [5.74, 6) is 1.63. The second kappa shape index (κ2) is 6.02. The Morgan fingerprint density at radius 1 is 1.39 bits per heavy atom. The summed E-state index contributed by atoms with van der Waals surface area (Å²) in [7, 11) is 0. The van der Waals surface area contributed by atoms with Gasteiger partial charge >= 0.3 is 0 Å². The van der Waals surface area contributed by atoms with Crippen LogP contribution in [0.1, 0.15) is 36.4 Å². The van der Waals surface area contributed by atoms with Crippen molar-refractivity contribution in [1.82, 2.24) is 9.55 Å². The number of aromatic nitrogens is 2. The van der Waals surface area contributed by atoms with Crippen LogP contribution in [-0.2, 0) is 13.0 Å². The molecule has 0 saturated carbocycles. The molecule has 0 N–H and O–H groups in total. The highest BCUT2D eigenvalue weighted by Gasteiger charge is 2.22. The van der Waals surface area contributed by atoms with E-state index in [0.717, 1.165) is 29.0 Å². The van der Waals surface area contributed by atoms with E-state index in [1.165, 1.54) is 6.33 Å². The molecule has 3 rings (SSSR count). The first-order valence-electron chi connectivity index (χ1n) is 7.46. The lowest BCUT2D eigenvalue weighted by molar-refractivity contribution is 0.254. The number of fused-ring (bicyclic) bond motifs is 1. The highest BCUT2D eigenvalue weighted by Crippen LogP contribution is 2.35. The van der Waals surface area contributed by atoms with Crippen LogP contribution >= 0.6 is 0 Å². The van der Waals surface area contributed by atoms with E-state index in [1.807, 2.05) is 38.1 Å². The van der Waals surface area contributed by atoms with E-state index in [0.29, 0.717) is 13.2 Å². The first-order chi connectivity index (χ1) is 11.2. The second-order valence-electron chi connectivity index (χ2n) is 5.43. The van der Waals surface area contributed by atoms with Crippen LogP contribution in [0.2, 0.25) is 0 Å². The summed E-state index contributed by atoms with van der Waals surface area (Å²) in [6.07, 6.45) is 2.52. The number of hydrogen-bond donors (Lipinski definition) is 0. The molecule has 1 aromatic heterocycles. The van der Waals surface area contributed by atoms with E-state index in [1.54, 1.807) is 4.57 Å². The smallest absolute Gasteiger partial charge is 0.176 e. The molecule has 1 atom stereocenters. The summed E-state index contributed by atoms with van der Waals surface area (Å²) in [4.78, 5) is 3.97. The van der Waals surface area contributed by atoms with Crippen molar-refractivity contribution in [3.63, 3.8) is 0 Å². The molecular formula is C17H16N4O2. The zero-order valence-corrected chi connectivity index (χ0v) is 13.0. The van der Waals surface area contributed by atoms with E-state index in [2.05, 4.69) is 4.98 Å². The lowest BCUT2D eigenvalue weighted by atomic mass is 10.1. The van der Waals surface area contributed by atoms with Crippen LogP contribution in [0.5, 0.6) is 11.5 Å². The molecule has 2 heterocycles. The van der Waals surface area contributed by atoms with Crippen LogP contribution in [0.4, 0.5) is 0 Å². The maximum atomic E-state index is 9.24. The van der Waals surface area contributed by atoms with Gasteiger partial charge in [-0.1, -0.05) is 0 Å². The van der Waals surface area contributed by atoms with Gasteiger partial charge < -0.3 is 14.0 Å². The lowest BCUT2D eigenvalue weighted by Crippen LogP contribution is -2.06. The zero-order valence-electron chi connectivity index (χ0n) is 13.0. The Hall–Kier alpha value is -2.99. The number of hydrogen-bond acceptors (Lipinski definition) is 5. The van der Waals surface area contributed by atoms with Crippen LogP contribution in [0.3, 0.4) is 0 Å². The Kier molecular flexibility index (Phi) is 3.91. The number of rotatable bonds is 4. The van der Waals surface area contributed by atoms with E-state index in [4.69, 9.17) is 14.7 Å². The molecule has 0 bridgehead atoms. The first-order valence-corrected chi connectivity index (χ1v) is 7.46. The molecule has 2 aromatic rings. The number of nitriles is 2. The summed E-state index contributed by atoms with van der Waals surface area (Å²) in [5, 5.41) is 18.2. The average Bonchev–Trinajstić information content (AvgIpc) is 3.09. The van der Waals surface area contributed by atoms with Crippen LogP contribution in [0, 0.1) is 22.7 Å². The van der Waals surface area contributed by atoms with Gasteiger partial charge in [0.1, 0.15) is 29.7 Å².